The second-order valence-electron chi connectivity index (χ2n) is 10.0. The summed E-state index contributed by atoms with van der Waals surface area (Å²) in [7, 11) is -3.14. The molecule has 1 saturated heterocycles. The van der Waals surface area contributed by atoms with E-state index in [1.54, 1.807) is 0 Å². The summed E-state index contributed by atoms with van der Waals surface area (Å²) in [5.74, 6) is 2.49. The van der Waals surface area contributed by atoms with Crippen LogP contribution in [0, 0.1) is 5.92 Å². The van der Waals surface area contributed by atoms with Gasteiger partial charge in [-0.2, -0.15) is 4.31 Å². The number of nitrogens with zero attached hydrogens (tertiary/aromatic N) is 4. The fraction of sp³-hybridized carbons (Fsp3) is 0.630. The number of unbranched alkanes of at least 4 members (excludes halogenated alkanes) is 2. The van der Waals surface area contributed by atoms with Gasteiger partial charge in [0.2, 0.25) is 16.0 Å². The Bertz CT molecular complexity index is 1050. The maximum absolute atomic E-state index is 11.8. The molecule has 35 heavy (non-hydrogen) atoms. The van der Waals surface area contributed by atoms with Crippen molar-refractivity contribution < 1.29 is 13.2 Å². The number of benzene rings is 1. The van der Waals surface area contributed by atoms with E-state index in [0.29, 0.717) is 13.1 Å². The zero-order valence-electron chi connectivity index (χ0n) is 21.3. The van der Waals surface area contributed by atoms with E-state index in [1.807, 2.05) is 24.5 Å². The fourth-order valence-corrected chi connectivity index (χ4v) is 5.88. The number of hydrogen-bond acceptors (Lipinski definition) is 6. The van der Waals surface area contributed by atoms with Crippen LogP contribution < -0.4 is 9.64 Å². The van der Waals surface area contributed by atoms with Crippen LogP contribution in [0.25, 0.3) is 0 Å². The second kappa shape index (κ2) is 12.2. The second-order valence-corrected chi connectivity index (χ2v) is 12.0. The molecule has 0 unspecified atom stereocenters. The normalized spacial score (nSPS) is 17.4. The first-order chi connectivity index (χ1) is 16.9. The highest BCUT2D eigenvalue weighted by molar-refractivity contribution is 7.88. The van der Waals surface area contributed by atoms with Gasteiger partial charge in [-0.15, -0.1) is 0 Å². The third-order valence-corrected chi connectivity index (χ3v) is 8.56. The van der Waals surface area contributed by atoms with Gasteiger partial charge in [-0.25, -0.2) is 18.4 Å². The Morgan fingerprint density at radius 3 is 2.51 bits per heavy atom. The van der Waals surface area contributed by atoms with E-state index in [2.05, 4.69) is 27.9 Å². The fourth-order valence-electron chi connectivity index (χ4n) is 5.08. The highest BCUT2D eigenvalue weighted by Gasteiger charge is 2.23. The number of rotatable bonds is 11. The number of hydrogen-bond donors (Lipinski definition) is 0. The largest absolute Gasteiger partial charge is 0.494 e. The van der Waals surface area contributed by atoms with Crippen molar-refractivity contribution in [3.8, 4) is 5.75 Å². The standard InChI is InChI=1S/C27H40N4O3S/c1-3-4-5-7-23-19-28-27(29-20-23)30-14-11-22(12-15-30)8-6-17-34-26-10-9-25-21-31(35(2,32)33)16-13-24(25)18-26/h9-10,18-20,22H,3-8,11-17,21H2,1-2H3. The van der Waals surface area contributed by atoms with Gasteiger partial charge in [0.25, 0.3) is 0 Å². The van der Waals surface area contributed by atoms with Crippen LogP contribution in [-0.2, 0) is 29.4 Å². The number of aryl methyl sites for hydroxylation is 1. The molecule has 0 amide bonds. The zero-order chi connectivity index (χ0) is 24.7. The van der Waals surface area contributed by atoms with E-state index in [0.717, 1.165) is 62.1 Å². The maximum Gasteiger partial charge on any atom is 0.225 e. The molecular weight excluding hydrogens is 460 g/mol. The average Bonchev–Trinajstić information content (AvgIpc) is 2.87. The lowest BCUT2D eigenvalue weighted by atomic mass is 9.92. The van der Waals surface area contributed by atoms with E-state index in [-0.39, 0.29) is 0 Å². The topological polar surface area (TPSA) is 75.6 Å². The van der Waals surface area contributed by atoms with Crippen LogP contribution in [0.5, 0.6) is 5.75 Å². The Balaban J connectivity index is 1.15. The summed E-state index contributed by atoms with van der Waals surface area (Å²) < 4.78 is 31.2. The molecule has 7 nitrogen and oxygen atoms in total. The summed E-state index contributed by atoms with van der Waals surface area (Å²) in [6.07, 6.45) is 15.4. The molecular formula is C27H40N4O3S. The molecule has 0 atom stereocenters. The van der Waals surface area contributed by atoms with Crippen molar-refractivity contribution in [3.05, 3.63) is 47.3 Å². The van der Waals surface area contributed by atoms with Crippen molar-refractivity contribution in [2.45, 2.75) is 71.3 Å². The van der Waals surface area contributed by atoms with Crippen LogP contribution in [0.15, 0.2) is 30.6 Å². The molecule has 2 aliphatic rings. The Hall–Kier alpha value is -2.19. The van der Waals surface area contributed by atoms with Gasteiger partial charge < -0.3 is 9.64 Å². The maximum atomic E-state index is 11.8. The molecule has 2 aliphatic heterocycles. The molecule has 0 radical (unpaired) electrons. The van der Waals surface area contributed by atoms with Crippen molar-refractivity contribution in [3.63, 3.8) is 0 Å². The van der Waals surface area contributed by atoms with Crippen LogP contribution in [0.1, 0.15) is 68.6 Å². The molecule has 0 bridgehead atoms. The predicted octanol–water partition coefficient (Wildman–Crippen LogP) is 4.60. The third-order valence-electron chi connectivity index (χ3n) is 7.31. The van der Waals surface area contributed by atoms with Crippen molar-refractivity contribution in [2.24, 2.45) is 5.92 Å². The third kappa shape index (κ3) is 7.40. The summed E-state index contributed by atoms with van der Waals surface area (Å²) in [6.45, 7) is 6.00. The van der Waals surface area contributed by atoms with Crippen LogP contribution in [0.2, 0.25) is 0 Å². The van der Waals surface area contributed by atoms with Gasteiger partial charge in [-0.05, 0) is 79.7 Å². The number of fused-ring (bicyclic) bond motifs is 1. The molecule has 0 saturated carbocycles. The number of sulfonamides is 1. The number of ether oxygens (including phenoxy) is 1. The highest BCUT2D eigenvalue weighted by Crippen LogP contribution is 2.27. The van der Waals surface area contributed by atoms with E-state index in [4.69, 9.17) is 4.74 Å². The molecule has 0 N–H and O–H groups in total. The lowest BCUT2D eigenvalue weighted by Gasteiger charge is -2.32. The molecule has 4 rings (SSSR count). The Morgan fingerprint density at radius 2 is 1.80 bits per heavy atom. The van der Waals surface area contributed by atoms with Crippen molar-refractivity contribution >= 4 is 16.0 Å². The summed E-state index contributed by atoms with van der Waals surface area (Å²) in [5.41, 5.74) is 3.52. The monoisotopic (exact) mass is 500 g/mol. The smallest absolute Gasteiger partial charge is 0.225 e. The molecule has 0 spiro atoms. The van der Waals surface area contributed by atoms with Crippen molar-refractivity contribution in [1.29, 1.82) is 0 Å². The van der Waals surface area contributed by atoms with Crippen molar-refractivity contribution in [2.75, 3.05) is 37.4 Å². The molecule has 0 aliphatic carbocycles. The summed E-state index contributed by atoms with van der Waals surface area (Å²) in [6, 6.07) is 6.07. The minimum Gasteiger partial charge on any atom is -0.494 e. The molecule has 8 heteroatoms. The molecule has 192 valence electrons. The SMILES string of the molecule is CCCCCc1cnc(N2CCC(CCCOc3ccc4c(c3)CCN(S(C)(=O)=O)C4)CC2)nc1. The molecule has 3 heterocycles. The molecule has 1 aromatic carbocycles. The van der Waals surface area contributed by atoms with E-state index in [9.17, 15) is 8.42 Å². The minimum absolute atomic E-state index is 0.460. The van der Waals surface area contributed by atoms with Gasteiger partial charge in [-0.3, -0.25) is 0 Å². The van der Waals surface area contributed by atoms with Gasteiger partial charge in [0.1, 0.15) is 5.75 Å². The molecule has 2 aromatic rings. The summed E-state index contributed by atoms with van der Waals surface area (Å²) >= 11 is 0. The van der Waals surface area contributed by atoms with Gasteiger partial charge in [0.05, 0.1) is 12.9 Å². The summed E-state index contributed by atoms with van der Waals surface area (Å²) in [4.78, 5) is 11.6. The minimum atomic E-state index is -3.14. The number of piperidine rings is 1. The van der Waals surface area contributed by atoms with Crippen LogP contribution in [0.3, 0.4) is 0 Å². The first-order valence-electron chi connectivity index (χ1n) is 13.2. The average molecular weight is 501 g/mol. The van der Waals surface area contributed by atoms with Gasteiger partial charge in [-0.1, -0.05) is 25.8 Å². The first kappa shape index (κ1) is 25.9. The van der Waals surface area contributed by atoms with Crippen LogP contribution >= 0.6 is 0 Å². The quantitative estimate of drug-likeness (QED) is 0.420. The van der Waals surface area contributed by atoms with Crippen molar-refractivity contribution in [1.82, 2.24) is 14.3 Å². The lowest BCUT2D eigenvalue weighted by molar-refractivity contribution is 0.278. The highest BCUT2D eigenvalue weighted by atomic mass is 32.2. The Labute approximate surface area is 211 Å². The first-order valence-corrected chi connectivity index (χ1v) is 15.0. The van der Waals surface area contributed by atoms with Gasteiger partial charge >= 0.3 is 0 Å². The van der Waals surface area contributed by atoms with E-state index in [1.165, 1.54) is 60.2 Å². The number of aromatic nitrogens is 2. The predicted molar refractivity (Wildman–Crippen MR) is 140 cm³/mol. The van der Waals surface area contributed by atoms with Gasteiger partial charge in [0.15, 0.2) is 0 Å². The zero-order valence-corrected chi connectivity index (χ0v) is 22.1. The Kier molecular flexibility index (Phi) is 9.00. The van der Waals surface area contributed by atoms with Crippen LogP contribution in [-0.4, -0.2) is 55.2 Å². The van der Waals surface area contributed by atoms with E-state index < -0.39 is 10.0 Å². The summed E-state index contributed by atoms with van der Waals surface area (Å²) in [5, 5.41) is 0. The Morgan fingerprint density at radius 1 is 1.03 bits per heavy atom. The molecule has 1 aromatic heterocycles. The van der Waals surface area contributed by atoms with E-state index >= 15 is 0 Å². The van der Waals surface area contributed by atoms with Gasteiger partial charge in [0, 0.05) is 38.6 Å². The van der Waals surface area contributed by atoms with Crippen LogP contribution in [0.4, 0.5) is 5.95 Å². The lowest BCUT2D eigenvalue weighted by Crippen LogP contribution is -2.35. The molecule has 1 fully saturated rings. The number of anilines is 1.